The van der Waals surface area contributed by atoms with Crippen LogP contribution in [0.15, 0.2) is 29.2 Å². The smallest absolute Gasteiger partial charge is 0.253 e. The standard InChI is InChI=1S/C22H33N5O5S/c1-18(28)25-13-15-27(16-14-25)33(31,32)20-7-5-19(6-8-20)22(30)26-10-4-9-24(11-12-26)17-21(29)23(2)3/h5-8H,4,9-17H2,1-3H3. The lowest BCUT2D eigenvalue weighted by Gasteiger charge is -2.33. The SMILES string of the molecule is CC(=O)N1CCN(S(=O)(=O)c2ccc(C(=O)N3CCCN(CC(=O)N(C)C)CC3)cc2)CC1. The quantitative estimate of drug-likeness (QED) is 0.579. The van der Waals surface area contributed by atoms with E-state index >= 15 is 0 Å². The van der Waals surface area contributed by atoms with Crippen molar-refractivity contribution in [1.82, 2.24) is 23.9 Å². The lowest BCUT2D eigenvalue weighted by atomic mass is 10.2. The number of likely N-dealkylation sites (N-methyl/N-ethyl adjacent to an activating group) is 1. The van der Waals surface area contributed by atoms with E-state index in [-0.39, 0.29) is 35.7 Å². The zero-order chi connectivity index (χ0) is 24.2. The van der Waals surface area contributed by atoms with E-state index in [9.17, 15) is 22.8 Å². The lowest BCUT2D eigenvalue weighted by Crippen LogP contribution is -2.49. The zero-order valence-electron chi connectivity index (χ0n) is 19.6. The summed E-state index contributed by atoms with van der Waals surface area (Å²) in [6.07, 6.45) is 0.769. The topological polar surface area (TPSA) is 102 Å². The normalized spacial score (nSPS) is 18.6. The van der Waals surface area contributed by atoms with Gasteiger partial charge in [0.15, 0.2) is 0 Å². The van der Waals surface area contributed by atoms with Crippen LogP contribution in [0.3, 0.4) is 0 Å². The molecule has 0 unspecified atom stereocenters. The molecule has 10 nitrogen and oxygen atoms in total. The number of hydrogen-bond acceptors (Lipinski definition) is 6. The summed E-state index contributed by atoms with van der Waals surface area (Å²) in [6, 6.07) is 6.05. The number of piperazine rings is 1. The molecule has 1 aromatic carbocycles. The molecule has 182 valence electrons. The molecular weight excluding hydrogens is 446 g/mol. The van der Waals surface area contributed by atoms with Gasteiger partial charge in [-0.3, -0.25) is 19.3 Å². The van der Waals surface area contributed by atoms with Crippen LogP contribution >= 0.6 is 0 Å². The highest BCUT2D eigenvalue weighted by atomic mass is 32.2. The van der Waals surface area contributed by atoms with Gasteiger partial charge in [0, 0.05) is 78.9 Å². The number of nitrogens with zero attached hydrogens (tertiary/aromatic N) is 5. The minimum atomic E-state index is -3.68. The molecule has 0 bridgehead atoms. The molecule has 2 aliphatic heterocycles. The molecule has 0 atom stereocenters. The minimum Gasteiger partial charge on any atom is -0.348 e. The minimum absolute atomic E-state index is 0.0364. The fourth-order valence-corrected chi connectivity index (χ4v) is 5.43. The number of amides is 3. The number of hydrogen-bond donors (Lipinski definition) is 0. The van der Waals surface area contributed by atoms with Gasteiger partial charge in [0.1, 0.15) is 0 Å². The largest absolute Gasteiger partial charge is 0.348 e. The van der Waals surface area contributed by atoms with Crippen LogP contribution < -0.4 is 0 Å². The van der Waals surface area contributed by atoms with Crippen molar-refractivity contribution < 1.29 is 22.8 Å². The molecule has 0 N–H and O–H groups in total. The van der Waals surface area contributed by atoms with Crippen LogP contribution in [-0.4, -0.2) is 123 Å². The first-order chi connectivity index (χ1) is 15.6. The Kier molecular flexibility index (Phi) is 8.09. The van der Waals surface area contributed by atoms with Crippen molar-refractivity contribution in [1.29, 1.82) is 0 Å². The second-order valence-electron chi connectivity index (χ2n) is 8.64. The molecular formula is C22H33N5O5S. The fraction of sp³-hybridized carbons (Fsp3) is 0.591. The fourth-order valence-electron chi connectivity index (χ4n) is 4.01. The molecule has 3 amide bonds. The first-order valence-corrected chi connectivity index (χ1v) is 12.6. The highest BCUT2D eigenvalue weighted by Crippen LogP contribution is 2.19. The summed E-state index contributed by atoms with van der Waals surface area (Å²) in [7, 11) is -0.226. The van der Waals surface area contributed by atoms with Crippen molar-refractivity contribution in [3.63, 3.8) is 0 Å². The average Bonchev–Trinajstić information content (AvgIpc) is 3.04. The molecule has 2 fully saturated rings. The molecule has 33 heavy (non-hydrogen) atoms. The van der Waals surface area contributed by atoms with Gasteiger partial charge in [0.2, 0.25) is 21.8 Å². The third-order valence-electron chi connectivity index (χ3n) is 6.16. The summed E-state index contributed by atoms with van der Waals surface area (Å²) in [5.74, 6) is -0.167. The van der Waals surface area contributed by atoms with E-state index in [1.165, 1.54) is 23.4 Å². The number of carbonyl (C=O) groups excluding carboxylic acids is 3. The number of rotatable bonds is 5. The van der Waals surface area contributed by atoms with Crippen LogP contribution in [0.25, 0.3) is 0 Å². The van der Waals surface area contributed by atoms with Crippen LogP contribution in [-0.2, 0) is 19.6 Å². The van der Waals surface area contributed by atoms with E-state index in [0.717, 1.165) is 13.0 Å². The molecule has 0 spiro atoms. The Morgan fingerprint density at radius 2 is 1.45 bits per heavy atom. The van der Waals surface area contributed by atoms with Crippen molar-refractivity contribution in [2.75, 3.05) is 73.0 Å². The van der Waals surface area contributed by atoms with E-state index in [1.54, 1.807) is 40.9 Å². The lowest BCUT2D eigenvalue weighted by molar-refractivity contribution is -0.130. The van der Waals surface area contributed by atoms with Crippen molar-refractivity contribution in [3.05, 3.63) is 29.8 Å². The summed E-state index contributed by atoms with van der Waals surface area (Å²) in [5.41, 5.74) is 0.438. The molecule has 11 heteroatoms. The molecule has 2 aliphatic rings. The summed E-state index contributed by atoms with van der Waals surface area (Å²) in [6.45, 7) is 5.53. The third-order valence-corrected chi connectivity index (χ3v) is 8.07. The Labute approximate surface area is 195 Å². The Bertz CT molecular complexity index is 971. The van der Waals surface area contributed by atoms with Gasteiger partial charge in [-0.15, -0.1) is 0 Å². The van der Waals surface area contributed by atoms with Gasteiger partial charge in [0.05, 0.1) is 11.4 Å². The second kappa shape index (κ2) is 10.6. The summed E-state index contributed by atoms with van der Waals surface area (Å²) < 4.78 is 27.3. The maximum Gasteiger partial charge on any atom is 0.253 e. The summed E-state index contributed by atoms with van der Waals surface area (Å²) in [5, 5.41) is 0. The molecule has 0 saturated carbocycles. The molecule has 1 aromatic rings. The summed E-state index contributed by atoms with van der Waals surface area (Å²) >= 11 is 0. The van der Waals surface area contributed by atoms with Crippen molar-refractivity contribution in [2.45, 2.75) is 18.2 Å². The van der Waals surface area contributed by atoms with Crippen LogP contribution in [0.5, 0.6) is 0 Å². The number of benzene rings is 1. The van der Waals surface area contributed by atoms with Crippen LogP contribution in [0, 0.1) is 0 Å². The highest BCUT2D eigenvalue weighted by Gasteiger charge is 2.29. The summed E-state index contributed by atoms with van der Waals surface area (Å²) in [4.78, 5) is 43.6. The van der Waals surface area contributed by atoms with Crippen molar-refractivity contribution >= 4 is 27.7 Å². The number of carbonyl (C=O) groups is 3. The maximum atomic E-state index is 13.0. The van der Waals surface area contributed by atoms with Gasteiger partial charge in [-0.05, 0) is 30.7 Å². The van der Waals surface area contributed by atoms with Crippen LogP contribution in [0.4, 0.5) is 0 Å². The van der Waals surface area contributed by atoms with Gasteiger partial charge in [-0.2, -0.15) is 4.31 Å². The molecule has 0 aromatic heterocycles. The molecule has 3 rings (SSSR count). The second-order valence-corrected chi connectivity index (χ2v) is 10.6. The van der Waals surface area contributed by atoms with E-state index in [2.05, 4.69) is 4.90 Å². The third kappa shape index (κ3) is 6.10. The van der Waals surface area contributed by atoms with E-state index in [1.807, 2.05) is 0 Å². The Hall–Kier alpha value is -2.50. The first kappa shape index (κ1) is 25.1. The molecule has 2 heterocycles. The predicted octanol–water partition coefficient (Wildman–Crippen LogP) is -0.224. The first-order valence-electron chi connectivity index (χ1n) is 11.2. The Balaban J connectivity index is 1.61. The monoisotopic (exact) mass is 479 g/mol. The van der Waals surface area contributed by atoms with Gasteiger partial charge in [0.25, 0.3) is 5.91 Å². The Morgan fingerprint density at radius 3 is 2.03 bits per heavy atom. The van der Waals surface area contributed by atoms with Gasteiger partial charge in [-0.25, -0.2) is 8.42 Å². The highest BCUT2D eigenvalue weighted by molar-refractivity contribution is 7.89. The molecule has 0 aliphatic carbocycles. The van der Waals surface area contributed by atoms with E-state index in [0.29, 0.717) is 44.8 Å². The van der Waals surface area contributed by atoms with Crippen LogP contribution in [0.1, 0.15) is 23.7 Å². The van der Waals surface area contributed by atoms with E-state index in [4.69, 9.17) is 0 Å². The molecule has 2 saturated heterocycles. The molecule has 0 radical (unpaired) electrons. The Morgan fingerprint density at radius 1 is 0.848 bits per heavy atom. The van der Waals surface area contributed by atoms with E-state index < -0.39 is 10.0 Å². The van der Waals surface area contributed by atoms with Gasteiger partial charge < -0.3 is 14.7 Å². The van der Waals surface area contributed by atoms with Crippen molar-refractivity contribution in [3.8, 4) is 0 Å². The van der Waals surface area contributed by atoms with Crippen molar-refractivity contribution in [2.24, 2.45) is 0 Å². The number of sulfonamides is 1. The van der Waals surface area contributed by atoms with Gasteiger partial charge in [-0.1, -0.05) is 0 Å². The van der Waals surface area contributed by atoms with Crippen LogP contribution in [0.2, 0.25) is 0 Å². The zero-order valence-corrected chi connectivity index (χ0v) is 20.4. The van der Waals surface area contributed by atoms with Gasteiger partial charge >= 0.3 is 0 Å². The predicted molar refractivity (Wildman–Crippen MR) is 123 cm³/mol. The average molecular weight is 480 g/mol. The maximum absolute atomic E-state index is 13.0.